The van der Waals surface area contributed by atoms with Gasteiger partial charge in [-0.3, -0.25) is 9.72 Å². The van der Waals surface area contributed by atoms with E-state index < -0.39 is 11.6 Å². The fraction of sp³-hybridized carbons (Fsp3) is 0.214. The monoisotopic (exact) mass is 301 g/mol. The van der Waals surface area contributed by atoms with E-state index in [1.165, 1.54) is 6.26 Å². The van der Waals surface area contributed by atoms with Gasteiger partial charge >= 0.3 is 6.03 Å². The van der Waals surface area contributed by atoms with E-state index >= 15 is 0 Å². The number of hydrogen-bond acceptors (Lipinski definition) is 5. The summed E-state index contributed by atoms with van der Waals surface area (Å²) in [6, 6.07) is 8.23. The number of rotatable bonds is 4. The standard InChI is InChI=1S/C14H15N5O3/c1-14(21,10-5-4-8-22-10)9-15-13(20)16-12-18-17-11-6-2-3-7-19(11)12/h2-8,21H,9H2,1H3,(H2,15,16,18,20)/t14-/m0/s1. The zero-order valence-electron chi connectivity index (χ0n) is 11.9. The third kappa shape index (κ3) is 2.77. The molecule has 2 amide bonds. The molecule has 0 aromatic carbocycles. The molecule has 0 unspecified atom stereocenters. The van der Waals surface area contributed by atoms with Gasteiger partial charge in [0, 0.05) is 6.20 Å². The van der Waals surface area contributed by atoms with Gasteiger partial charge in [-0.1, -0.05) is 6.07 Å². The average Bonchev–Trinajstić information content (AvgIpc) is 3.16. The number of aliphatic hydroxyl groups is 1. The lowest BCUT2D eigenvalue weighted by Gasteiger charge is -2.21. The lowest BCUT2D eigenvalue weighted by atomic mass is 10.0. The number of carbonyl (C=O) groups is 1. The predicted molar refractivity (Wildman–Crippen MR) is 78.3 cm³/mol. The Morgan fingerprint density at radius 3 is 3.00 bits per heavy atom. The molecule has 1 atom stereocenters. The minimum atomic E-state index is -1.30. The highest BCUT2D eigenvalue weighted by molar-refractivity contribution is 5.87. The number of anilines is 1. The number of furan rings is 1. The molecule has 0 aliphatic heterocycles. The van der Waals surface area contributed by atoms with Gasteiger partial charge < -0.3 is 14.8 Å². The molecule has 0 bridgehead atoms. The maximum Gasteiger partial charge on any atom is 0.321 e. The zero-order chi connectivity index (χ0) is 15.6. The Kier molecular flexibility index (Phi) is 3.51. The largest absolute Gasteiger partial charge is 0.466 e. The molecule has 0 spiro atoms. The second kappa shape index (κ2) is 5.49. The van der Waals surface area contributed by atoms with Gasteiger partial charge in [0.1, 0.15) is 11.4 Å². The van der Waals surface area contributed by atoms with E-state index in [0.29, 0.717) is 17.4 Å². The van der Waals surface area contributed by atoms with E-state index in [9.17, 15) is 9.90 Å². The summed E-state index contributed by atoms with van der Waals surface area (Å²) in [5.74, 6) is 0.673. The highest BCUT2D eigenvalue weighted by atomic mass is 16.4. The van der Waals surface area contributed by atoms with Gasteiger partial charge in [-0.05, 0) is 31.2 Å². The predicted octanol–water partition coefficient (Wildman–Crippen LogP) is 1.35. The van der Waals surface area contributed by atoms with Crippen LogP contribution in [0.4, 0.5) is 10.7 Å². The first-order chi connectivity index (χ1) is 10.6. The minimum absolute atomic E-state index is 0.0108. The van der Waals surface area contributed by atoms with Gasteiger partial charge in [-0.15, -0.1) is 10.2 Å². The number of amides is 2. The Hall–Kier alpha value is -2.87. The molecule has 0 saturated heterocycles. The summed E-state index contributed by atoms with van der Waals surface area (Å²) in [6.07, 6.45) is 3.20. The van der Waals surface area contributed by atoms with Crippen LogP contribution in [0.15, 0.2) is 47.2 Å². The van der Waals surface area contributed by atoms with Crippen LogP contribution in [0, 0.1) is 0 Å². The van der Waals surface area contributed by atoms with Gasteiger partial charge in [0.05, 0.1) is 12.8 Å². The van der Waals surface area contributed by atoms with Crippen molar-refractivity contribution in [3.05, 3.63) is 48.6 Å². The molecule has 0 aliphatic carbocycles. The summed E-state index contributed by atoms with van der Waals surface area (Å²) in [5.41, 5.74) is -0.673. The number of nitrogens with one attached hydrogen (secondary N) is 2. The van der Waals surface area contributed by atoms with Crippen molar-refractivity contribution >= 4 is 17.6 Å². The molecule has 3 rings (SSSR count). The van der Waals surface area contributed by atoms with Crippen LogP contribution in [0.1, 0.15) is 12.7 Å². The first-order valence-electron chi connectivity index (χ1n) is 6.67. The first-order valence-corrected chi connectivity index (χ1v) is 6.67. The average molecular weight is 301 g/mol. The molecular weight excluding hydrogens is 286 g/mol. The number of nitrogens with zero attached hydrogens (tertiary/aromatic N) is 3. The molecule has 0 aliphatic rings. The van der Waals surface area contributed by atoms with Crippen LogP contribution in [-0.4, -0.2) is 32.3 Å². The van der Waals surface area contributed by atoms with Crippen LogP contribution < -0.4 is 10.6 Å². The van der Waals surface area contributed by atoms with Crippen LogP contribution in [-0.2, 0) is 5.60 Å². The number of aromatic nitrogens is 3. The maximum atomic E-state index is 11.9. The second-order valence-electron chi connectivity index (χ2n) is 5.01. The fourth-order valence-corrected chi connectivity index (χ4v) is 2.00. The lowest BCUT2D eigenvalue weighted by molar-refractivity contribution is 0.0372. The number of urea groups is 1. The van der Waals surface area contributed by atoms with E-state index in [0.717, 1.165) is 0 Å². The number of hydrogen-bond donors (Lipinski definition) is 3. The van der Waals surface area contributed by atoms with Crippen LogP contribution in [0.3, 0.4) is 0 Å². The van der Waals surface area contributed by atoms with E-state index in [1.54, 1.807) is 41.8 Å². The Labute approximate surface area is 125 Å². The van der Waals surface area contributed by atoms with Crippen molar-refractivity contribution in [3.8, 4) is 0 Å². The number of pyridine rings is 1. The van der Waals surface area contributed by atoms with E-state index in [1.807, 2.05) is 6.07 Å². The minimum Gasteiger partial charge on any atom is -0.466 e. The number of carbonyl (C=O) groups excluding carboxylic acids is 1. The molecule has 0 fully saturated rings. The summed E-state index contributed by atoms with van der Waals surface area (Å²) in [4.78, 5) is 11.9. The molecule has 8 heteroatoms. The van der Waals surface area contributed by atoms with Crippen molar-refractivity contribution < 1.29 is 14.3 Å². The van der Waals surface area contributed by atoms with Crippen LogP contribution in [0.2, 0.25) is 0 Å². The Balaban J connectivity index is 1.63. The highest BCUT2D eigenvalue weighted by Crippen LogP contribution is 2.19. The molecule has 3 N–H and O–H groups in total. The molecule has 0 saturated carbocycles. The number of fused-ring (bicyclic) bond motifs is 1. The topological polar surface area (TPSA) is 105 Å². The Morgan fingerprint density at radius 2 is 2.23 bits per heavy atom. The fourth-order valence-electron chi connectivity index (χ4n) is 2.00. The van der Waals surface area contributed by atoms with Gasteiger partial charge in [-0.25, -0.2) is 4.79 Å². The third-order valence-electron chi connectivity index (χ3n) is 3.18. The third-order valence-corrected chi connectivity index (χ3v) is 3.18. The van der Waals surface area contributed by atoms with E-state index in [2.05, 4.69) is 20.8 Å². The van der Waals surface area contributed by atoms with Gasteiger partial charge in [0.2, 0.25) is 5.95 Å². The summed E-state index contributed by atoms with van der Waals surface area (Å²) >= 11 is 0. The summed E-state index contributed by atoms with van der Waals surface area (Å²) in [6.45, 7) is 1.54. The molecule has 3 aromatic rings. The summed E-state index contributed by atoms with van der Waals surface area (Å²) in [7, 11) is 0. The molecular formula is C14H15N5O3. The van der Waals surface area contributed by atoms with Gasteiger partial charge in [-0.2, -0.15) is 0 Å². The first kappa shape index (κ1) is 14.1. The molecule has 3 aromatic heterocycles. The lowest BCUT2D eigenvalue weighted by Crippen LogP contribution is -2.40. The smallest absolute Gasteiger partial charge is 0.321 e. The molecule has 114 valence electrons. The van der Waals surface area contributed by atoms with Gasteiger partial charge in [0.25, 0.3) is 0 Å². The van der Waals surface area contributed by atoms with Crippen molar-refractivity contribution in [2.45, 2.75) is 12.5 Å². The quantitative estimate of drug-likeness (QED) is 0.674. The van der Waals surface area contributed by atoms with Crippen molar-refractivity contribution in [1.29, 1.82) is 0 Å². The molecule has 0 radical (unpaired) electrons. The Bertz CT molecular complexity index is 779. The second-order valence-corrected chi connectivity index (χ2v) is 5.01. The van der Waals surface area contributed by atoms with Gasteiger partial charge in [0.15, 0.2) is 5.65 Å². The summed E-state index contributed by atoms with van der Waals surface area (Å²) < 4.78 is 6.79. The summed E-state index contributed by atoms with van der Waals surface area (Å²) in [5, 5.41) is 23.2. The van der Waals surface area contributed by atoms with Crippen molar-refractivity contribution in [2.75, 3.05) is 11.9 Å². The van der Waals surface area contributed by atoms with E-state index in [-0.39, 0.29) is 6.54 Å². The maximum absolute atomic E-state index is 11.9. The van der Waals surface area contributed by atoms with Crippen LogP contribution in [0.25, 0.3) is 5.65 Å². The zero-order valence-corrected chi connectivity index (χ0v) is 11.9. The van der Waals surface area contributed by atoms with E-state index in [4.69, 9.17) is 4.42 Å². The van der Waals surface area contributed by atoms with Crippen LogP contribution in [0.5, 0.6) is 0 Å². The molecule has 8 nitrogen and oxygen atoms in total. The van der Waals surface area contributed by atoms with Crippen molar-refractivity contribution in [3.63, 3.8) is 0 Å². The van der Waals surface area contributed by atoms with Crippen LogP contribution >= 0.6 is 0 Å². The van der Waals surface area contributed by atoms with Crippen molar-refractivity contribution in [2.24, 2.45) is 0 Å². The van der Waals surface area contributed by atoms with Crippen molar-refractivity contribution in [1.82, 2.24) is 19.9 Å². The normalized spacial score (nSPS) is 13.7. The highest BCUT2D eigenvalue weighted by Gasteiger charge is 2.26. The Morgan fingerprint density at radius 1 is 1.36 bits per heavy atom. The molecule has 3 heterocycles. The SMILES string of the molecule is C[C@](O)(CNC(=O)Nc1nnc2ccccn12)c1ccco1. The molecule has 22 heavy (non-hydrogen) atoms.